The number of nitrogens with two attached hydrogens (primary N) is 1. The fourth-order valence-electron chi connectivity index (χ4n) is 1.95. The molecule has 0 atom stereocenters. The molecule has 0 unspecified atom stereocenters. The minimum atomic E-state index is 0.127. The number of thioether (sulfide) groups is 1. The molecule has 1 aliphatic rings. The molecule has 9 heteroatoms. The zero-order valence-corrected chi connectivity index (χ0v) is 12.8. The van der Waals surface area contributed by atoms with Crippen LogP contribution in [0, 0.1) is 0 Å². The molecule has 8 nitrogen and oxygen atoms in total. The van der Waals surface area contributed by atoms with E-state index < -0.39 is 0 Å². The molecule has 1 saturated heterocycles. The van der Waals surface area contributed by atoms with Crippen molar-refractivity contribution in [3.8, 4) is 0 Å². The molecule has 1 aromatic rings. The summed E-state index contributed by atoms with van der Waals surface area (Å²) in [6, 6.07) is 1.71. The summed E-state index contributed by atoms with van der Waals surface area (Å²) in [7, 11) is 0. The van der Waals surface area contributed by atoms with Crippen molar-refractivity contribution in [1.29, 1.82) is 0 Å². The molecule has 1 amide bonds. The number of rotatable bonds is 6. The van der Waals surface area contributed by atoms with Crippen molar-refractivity contribution in [2.75, 3.05) is 49.8 Å². The lowest BCUT2D eigenvalue weighted by atomic mass is 10.3. The van der Waals surface area contributed by atoms with Gasteiger partial charge in [-0.3, -0.25) is 4.79 Å². The molecule has 0 bridgehead atoms. The molecule has 1 aliphatic heterocycles. The number of nitrogen functional groups attached to an aromatic ring is 1. The van der Waals surface area contributed by atoms with E-state index in [-0.39, 0.29) is 5.91 Å². The van der Waals surface area contributed by atoms with E-state index in [0.717, 1.165) is 0 Å². The molecule has 21 heavy (non-hydrogen) atoms. The summed E-state index contributed by atoms with van der Waals surface area (Å²) in [5.41, 5.74) is 2.50. The molecule has 2 heterocycles. The Morgan fingerprint density at radius 2 is 2.14 bits per heavy atom. The molecule has 0 spiro atoms. The normalized spacial score (nSPS) is 14.9. The third kappa shape index (κ3) is 4.73. The standard InChI is InChI=1S/C12H20N6O2S/c1-21-12-15-9(8-10(16-12)17-13)14-3-2-11(19)18-4-6-20-7-5-18/h8H,2-7,13H2,1H3,(H2,14,15,16,17). The molecule has 0 saturated carbocycles. The Bertz CT molecular complexity index is 459. The third-order valence-corrected chi connectivity index (χ3v) is 3.59. The van der Waals surface area contributed by atoms with E-state index in [9.17, 15) is 4.79 Å². The fraction of sp³-hybridized carbons (Fsp3) is 0.583. The van der Waals surface area contributed by atoms with E-state index in [1.807, 2.05) is 11.2 Å². The van der Waals surface area contributed by atoms with E-state index in [2.05, 4.69) is 20.7 Å². The third-order valence-electron chi connectivity index (χ3n) is 3.04. The quantitative estimate of drug-likeness (QED) is 0.295. The Morgan fingerprint density at radius 3 is 2.81 bits per heavy atom. The maximum atomic E-state index is 12.0. The van der Waals surface area contributed by atoms with Gasteiger partial charge in [-0.05, 0) is 6.26 Å². The molecule has 1 fully saturated rings. The molecule has 2 rings (SSSR count). The van der Waals surface area contributed by atoms with Crippen LogP contribution < -0.4 is 16.6 Å². The second-order valence-corrected chi connectivity index (χ2v) is 5.21. The van der Waals surface area contributed by atoms with Gasteiger partial charge in [-0.25, -0.2) is 15.8 Å². The van der Waals surface area contributed by atoms with Crippen LogP contribution in [0.1, 0.15) is 6.42 Å². The summed E-state index contributed by atoms with van der Waals surface area (Å²) >= 11 is 1.43. The predicted molar refractivity (Wildman–Crippen MR) is 82.1 cm³/mol. The second kappa shape index (κ2) is 8.01. The summed E-state index contributed by atoms with van der Waals surface area (Å²) in [6.07, 6.45) is 2.31. The van der Waals surface area contributed by atoms with Gasteiger partial charge in [0.25, 0.3) is 0 Å². The summed E-state index contributed by atoms with van der Waals surface area (Å²) in [6.45, 7) is 3.10. The number of hydrazine groups is 1. The van der Waals surface area contributed by atoms with Crippen LogP contribution in [0.2, 0.25) is 0 Å². The van der Waals surface area contributed by atoms with Gasteiger partial charge in [0, 0.05) is 32.1 Å². The molecule has 1 aromatic heterocycles. The van der Waals surface area contributed by atoms with Crippen LogP contribution in [0.4, 0.5) is 11.6 Å². The summed E-state index contributed by atoms with van der Waals surface area (Å²) in [5.74, 6) is 6.68. The number of ether oxygens (including phenoxy) is 1. The predicted octanol–water partition coefficient (Wildman–Crippen LogP) is 0.145. The van der Waals surface area contributed by atoms with Crippen molar-refractivity contribution >= 4 is 29.3 Å². The van der Waals surface area contributed by atoms with Crippen LogP contribution in [-0.4, -0.2) is 59.9 Å². The molecule has 0 radical (unpaired) electrons. The lowest BCUT2D eigenvalue weighted by Crippen LogP contribution is -2.41. The van der Waals surface area contributed by atoms with E-state index in [1.165, 1.54) is 11.8 Å². The van der Waals surface area contributed by atoms with Crippen LogP contribution in [0.5, 0.6) is 0 Å². The zero-order valence-electron chi connectivity index (χ0n) is 12.0. The first kappa shape index (κ1) is 15.8. The molecular weight excluding hydrogens is 292 g/mol. The fourth-order valence-corrected chi connectivity index (χ4v) is 2.33. The van der Waals surface area contributed by atoms with Gasteiger partial charge in [0.1, 0.15) is 11.6 Å². The molecule has 4 N–H and O–H groups in total. The van der Waals surface area contributed by atoms with E-state index in [1.54, 1.807) is 6.07 Å². The summed E-state index contributed by atoms with van der Waals surface area (Å²) in [5, 5.41) is 3.74. The smallest absolute Gasteiger partial charge is 0.224 e. The van der Waals surface area contributed by atoms with Gasteiger partial charge >= 0.3 is 0 Å². The van der Waals surface area contributed by atoms with Gasteiger partial charge in [-0.2, -0.15) is 0 Å². The van der Waals surface area contributed by atoms with Gasteiger partial charge in [0.2, 0.25) is 5.91 Å². The van der Waals surface area contributed by atoms with E-state index >= 15 is 0 Å². The van der Waals surface area contributed by atoms with Crippen molar-refractivity contribution in [3.63, 3.8) is 0 Å². The van der Waals surface area contributed by atoms with Gasteiger partial charge in [-0.1, -0.05) is 11.8 Å². The van der Waals surface area contributed by atoms with Crippen LogP contribution in [0.15, 0.2) is 11.2 Å². The Labute approximate surface area is 127 Å². The lowest BCUT2D eigenvalue weighted by molar-refractivity contribution is -0.134. The van der Waals surface area contributed by atoms with Crippen molar-refractivity contribution in [1.82, 2.24) is 14.9 Å². The largest absolute Gasteiger partial charge is 0.378 e. The number of anilines is 2. The summed E-state index contributed by atoms with van der Waals surface area (Å²) in [4.78, 5) is 22.3. The second-order valence-electron chi connectivity index (χ2n) is 4.44. The van der Waals surface area contributed by atoms with Gasteiger partial charge < -0.3 is 20.4 Å². The average Bonchev–Trinajstić information content (AvgIpc) is 2.55. The Balaban J connectivity index is 1.83. The maximum absolute atomic E-state index is 12.0. The first-order chi connectivity index (χ1) is 10.2. The van der Waals surface area contributed by atoms with Crippen molar-refractivity contribution in [3.05, 3.63) is 6.07 Å². The number of nitrogens with zero attached hydrogens (tertiary/aromatic N) is 3. The first-order valence-electron chi connectivity index (χ1n) is 6.72. The highest BCUT2D eigenvalue weighted by molar-refractivity contribution is 7.98. The SMILES string of the molecule is CSc1nc(NN)cc(NCCC(=O)N2CCOCC2)n1. The Hall–Kier alpha value is -1.58. The molecule has 0 aliphatic carbocycles. The number of hydrogen-bond acceptors (Lipinski definition) is 8. The molecule has 0 aromatic carbocycles. The highest BCUT2D eigenvalue weighted by atomic mass is 32.2. The van der Waals surface area contributed by atoms with E-state index in [4.69, 9.17) is 10.6 Å². The molecular formula is C12H20N6O2S. The van der Waals surface area contributed by atoms with Crippen molar-refractivity contribution < 1.29 is 9.53 Å². The zero-order chi connectivity index (χ0) is 15.1. The number of morpholine rings is 1. The highest BCUT2D eigenvalue weighted by Crippen LogP contribution is 2.16. The van der Waals surface area contributed by atoms with Crippen LogP contribution in [0.25, 0.3) is 0 Å². The van der Waals surface area contributed by atoms with Gasteiger partial charge in [0.05, 0.1) is 13.2 Å². The van der Waals surface area contributed by atoms with E-state index in [0.29, 0.717) is 56.1 Å². The lowest BCUT2D eigenvalue weighted by Gasteiger charge is -2.26. The average molecular weight is 312 g/mol. The maximum Gasteiger partial charge on any atom is 0.224 e. The van der Waals surface area contributed by atoms with Crippen molar-refractivity contribution in [2.24, 2.45) is 5.84 Å². The Kier molecular flexibility index (Phi) is 6.03. The van der Waals surface area contributed by atoms with Crippen LogP contribution >= 0.6 is 11.8 Å². The number of carbonyl (C=O) groups is 1. The van der Waals surface area contributed by atoms with Gasteiger partial charge in [-0.15, -0.1) is 0 Å². The van der Waals surface area contributed by atoms with Crippen molar-refractivity contribution in [2.45, 2.75) is 11.6 Å². The van der Waals surface area contributed by atoms with Crippen LogP contribution in [-0.2, 0) is 9.53 Å². The topological polar surface area (TPSA) is 105 Å². The molecule has 116 valence electrons. The van der Waals surface area contributed by atoms with Crippen LogP contribution in [0.3, 0.4) is 0 Å². The number of amides is 1. The minimum absolute atomic E-state index is 0.127. The number of aromatic nitrogens is 2. The minimum Gasteiger partial charge on any atom is -0.378 e. The number of hydrogen-bond donors (Lipinski definition) is 3. The number of carbonyl (C=O) groups excluding carboxylic acids is 1. The number of nitrogens with one attached hydrogen (secondary N) is 2. The van der Waals surface area contributed by atoms with Gasteiger partial charge in [0.15, 0.2) is 5.16 Å². The monoisotopic (exact) mass is 312 g/mol. The summed E-state index contributed by atoms with van der Waals surface area (Å²) < 4.78 is 5.23. The Morgan fingerprint density at radius 1 is 1.43 bits per heavy atom. The first-order valence-corrected chi connectivity index (χ1v) is 7.94. The highest BCUT2D eigenvalue weighted by Gasteiger charge is 2.16.